The third-order valence-electron chi connectivity index (χ3n) is 4.71. The summed E-state index contributed by atoms with van der Waals surface area (Å²) in [4.78, 5) is 11.5. The lowest BCUT2D eigenvalue weighted by molar-refractivity contribution is 0.244. The number of nitrogens with two attached hydrogens (primary N) is 1. The fourth-order valence-electron chi connectivity index (χ4n) is 3.50. The number of rotatable bonds is 5. The van der Waals surface area contributed by atoms with Crippen LogP contribution in [0, 0.1) is 5.41 Å². The highest BCUT2D eigenvalue weighted by atomic mass is 32.1. The van der Waals surface area contributed by atoms with Crippen LogP contribution < -0.4 is 15.8 Å². The molecule has 0 bridgehead atoms. The molecule has 2 heterocycles. The highest BCUT2D eigenvalue weighted by Gasteiger charge is 2.21. The molecule has 0 unspecified atom stereocenters. The van der Waals surface area contributed by atoms with Crippen molar-refractivity contribution in [3.05, 3.63) is 34.5 Å². The van der Waals surface area contributed by atoms with Crippen molar-refractivity contribution in [1.82, 2.24) is 9.97 Å². The molecular weight excluding hydrogens is 358 g/mol. The van der Waals surface area contributed by atoms with Gasteiger partial charge >= 0.3 is 0 Å². The fraction of sp³-hybridized carbons (Fsp3) is 0.350. The van der Waals surface area contributed by atoms with Crippen molar-refractivity contribution in [2.45, 2.75) is 45.6 Å². The Labute approximate surface area is 162 Å². The Morgan fingerprint density at radius 2 is 2.07 bits per heavy atom. The molecule has 0 fully saturated rings. The van der Waals surface area contributed by atoms with Gasteiger partial charge in [-0.1, -0.05) is 0 Å². The maximum absolute atomic E-state index is 7.61. The van der Waals surface area contributed by atoms with Gasteiger partial charge in [-0.3, -0.25) is 0 Å². The van der Waals surface area contributed by atoms with Gasteiger partial charge in [-0.25, -0.2) is 9.97 Å². The van der Waals surface area contributed by atoms with E-state index < -0.39 is 0 Å². The average molecular weight is 382 g/mol. The van der Waals surface area contributed by atoms with Crippen LogP contribution in [0.4, 0.5) is 17.2 Å². The van der Waals surface area contributed by atoms with Crippen LogP contribution in [0.5, 0.6) is 5.75 Å². The van der Waals surface area contributed by atoms with Crippen LogP contribution in [0.1, 0.15) is 42.7 Å². The molecule has 0 amide bonds. The van der Waals surface area contributed by atoms with Crippen molar-refractivity contribution in [2.75, 3.05) is 11.1 Å². The number of ether oxygens (including phenoxy) is 1. The number of nitrogen functional groups attached to an aromatic ring is 1. The Kier molecular flexibility index (Phi) is 4.70. The summed E-state index contributed by atoms with van der Waals surface area (Å²) in [5, 5.41) is 12.1. The normalized spacial score (nSPS) is 13.6. The Balaban J connectivity index is 1.82. The van der Waals surface area contributed by atoms with Gasteiger partial charge in [-0.05, 0) is 51.2 Å². The lowest BCUT2D eigenvalue weighted by Gasteiger charge is -2.18. The summed E-state index contributed by atoms with van der Waals surface area (Å²) >= 11 is 1.77. The molecule has 7 heteroatoms. The first-order valence-electron chi connectivity index (χ1n) is 9.19. The van der Waals surface area contributed by atoms with Crippen molar-refractivity contribution >= 4 is 45.0 Å². The molecule has 0 aliphatic heterocycles. The number of hydrogen-bond acceptors (Lipinski definition) is 7. The minimum Gasteiger partial charge on any atom is -0.489 e. The molecule has 140 valence electrons. The molecule has 1 aliphatic carbocycles. The number of fused-ring (bicyclic) bond motifs is 3. The van der Waals surface area contributed by atoms with E-state index in [0.29, 0.717) is 17.0 Å². The number of nitrogens with zero attached hydrogens (tertiary/aromatic N) is 2. The topological polar surface area (TPSA) is 96.9 Å². The first-order valence-corrected chi connectivity index (χ1v) is 10.0. The number of aryl methyl sites for hydroxylation is 2. The van der Waals surface area contributed by atoms with Gasteiger partial charge in [-0.2, -0.15) is 0 Å². The molecule has 1 aromatic carbocycles. The second kappa shape index (κ2) is 7.15. The molecule has 0 saturated carbocycles. The summed E-state index contributed by atoms with van der Waals surface area (Å²) in [5.41, 5.74) is 9.35. The van der Waals surface area contributed by atoms with Crippen LogP contribution in [-0.4, -0.2) is 22.3 Å². The number of hydrogen-bond donors (Lipinski definition) is 3. The molecule has 27 heavy (non-hydrogen) atoms. The van der Waals surface area contributed by atoms with Crippen LogP contribution in [0.2, 0.25) is 0 Å². The Hall–Kier alpha value is -2.67. The van der Waals surface area contributed by atoms with E-state index in [1.807, 2.05) is 19.9 Å². The average Bonchev–Trinajstić information content (AvgIpc) is 3.03. The summed E-state index contributed by atoms with van der Waals surface area (Å²) < 4.78 is 5.95. The van der Waals surface area contributed by atoms with Crippen molar-refractivity contribution in [1.29, 1.82) is 5.41 Å². The van der Waals surface area contributed by atoms with Gasteiger partial charge in [0.1, 0.15) is 22.7 Å². The van der Waals surface area contributed by atoms with Gasteiger partial charge < -0.3 is 21.2 Å². The third kappa shape index (κ3) is 3.35. The predicted octanol–water partition coefficient (Wildman–Crippen LogP) is 4.68. The van der Waals surface area contributed by atoms with Gasteiger partial charge in [0.15, 0.2) is 0 Å². The quantitative estimate of drug-likeness (QED) is 0.440. The zero-order chi connectivity index (χ0) is 19.0. The Bertz CT molecular complexity index is 1010. The van der Waals surface area contributed by atoms with E-state index in [9.17, 15) is 0 Å². The lowest BCUT2D eigenvalue weighted by Crippen LogP contribution is -2.09. The summed E-state index contributed by atoms with van der Waals surface area (Å²) in [6.45, 7) is 3.95. The molecule has 4 N–H and O–H groups in total. The van der Waals surface area contributed by atoms with Gasteiger partial charge in [-0.15, -0.1) is 11.3 Å². The Morgan fingerprint density at radius 1 is 1.26 bits per heavy atom. The summed E-state index contributed by atoms with van der Waals surface area (Å²) in [6, 6.07) is 3.61. The van der Waals surface area contributed by atoms with Crippen LogP contribution in [0.25, 0.3) is 10.2 Å². The van der Waals surface area contributed by atoms with E-state index in [1.165, 1.54) is 29.5 Å². The van der Waals surface area contributed by atoms with E-state index in [4.69, 9.17) is 15.9 Å². The van der Waals surface area contributed by atoms with E-state index in [2.05, 4.69) is 15.3 Å². The predicted molar refractivity (Wildman–Crippen MR) is 112 cm³/mol. The smallest absolute Gasteiger partial charge is 0.145 e. The third-order valence-corrected chi connectivity index (χ3v) is 5.91. The summed E-state index contributed by atoms with van der Waals surface area (Å²) in [5.74, 6) is 1.44. The Morgan fingerprint density at radius 3 is 2.85 bits per heavy atom. The summed E-state index contributed by atoms with van der Waals surface area (Å²) in [6.07, 6.45) is 7.50. The highest BCUT2D eigenvalue weighted by molar-refractivity contribution is 7.19. The van der Waals surface area contributed by atoms with Gasteiger partial charge in [0.25, 0.3) is 0 Å². The van der Waals surface area contributed by atoms with E-state index in [-0.39, 0.29) is 6.10 Å². The molecule has 0 radical (unpaired) electrons. The monoisotopic (exact) mass is 381 g/mol. The maximum atomic E-state index is 7.61. The standard InChI is InChI=1S/C20H23N5OS/c1-11(2)26-16-8-14(22)12(9-21)7-15(16)25-19-18-13-5-3-4-6-17(13)27-20(18)24-10-23-19/h7-11,21H,3-6,22H2,1-2H3,(H,23,24,25). The van der Waals surface area contributed by atoms with Crippen LogP contribution in [0.15, 0.2) is 18.5 Å². The maximum Gasteiger partial charge on any atom is 0.145 e. The van der Waals surface area contributed by atoms with Crippen LogP contribution in [0.3, 0.4) is 0 Å². The van der Waals surface area contributed by atoms with Crippen molar-refractivity contribution in [2.24, 2.45) is 0 Å². The molecule has 0 atom stereocenters. The SMILES string of the molecule is CC(C)Oc1cc(N)c(C=N)cc1Nc1ncnc2sc3c(c12)CCCC3. The zero-order valence-corrected chi connectivity index (χ0v) is 16.3. The second-order valence-corrected chi connectivity index (χ2v) is 8.11. The number of thiophene rings is 1. The number of nitrogens with one attached hydrogen (secondary N) is 2. The number of benzene rings is 1. The van der Waals surface area contributed by atoms with E-state index in [0.717, 1.165) is 34.6 Å². The van der Waals surface area contributed by atoms with Crippen molar-refractivity contribution in [3.63, 3.8) is 0 Å². The molecule has 2 aromatic heterocycles. The molecule has 1 aliphatic rings. The highest BCUT2D eigenvalue weighted by Crippen LogP contribution is 2.40. The van der Waals surface area contributed by atoms with E-state index >= 15 is 0 Å². The molecule has 0 spiro atoms. The van der Waals surface area contributed by atoms with Crippen LogP contribution >= 0.6 is 11.3 Å². The largest absolute Gasteiger partial charge is 0.489 e. The molecule has 4 rings (SSSR count). The van der Waals surface area contributed by atoms with E-state index in [1.54, 1.807) is 23.7 Å². The molecule has 6 nitrogen and oxygen atoms in total. The number of aromatic nitrogens is 2. The number of anilines is 3. The lowest BCUT2D eigenvalue weighted by atomic mass is 9.97. The molecule has 0 saturated heterocycles. The minimum atomic E-state index is 0.00936. The second-order valence-electron chi connectivity index (χ2n) is 7.03. The first kappa shape index (κ1) is 17.7. The van der Waals surface area contributed by atoms with Gasteiger partial charge in [0, 0.05) is 28.4 Å². The van der Waals surface area contributed by atoms with Crippen molar-refractivity contribution < 1.29 is 4.74 Å². The van der Waals surface area contributed by atoms with Gasteiger partial charge in [0.2, 0.25) is 0 Å². The van der Waals surface area contributed by atoms with Crippen molar-refractivity contribution in [3.8, 4) is 5.75 Å². The first-order chi connectivity index (χ1) is 13.1. The fourth-order valence-corrected chi connectivity index (χ4v) is 4.73. The zero-order valence-electron chi connectivity index (χ0n) is 15.5. The minimum absolute atomic E-state index is 0.00936. The molecule has 3 aromatic rings. The van der Waals surface area contributed by atoms with Gasteiger partial charge in [0.05, 0.1) is 17.2 Å². The van der Waals surface area contributed by atoms with Crippen LogP contribution in [-0.2, 0) is 12.8 Å². The summed E-state index contributed by atoms with van der Waals surface area (Å²) in [7, 11) is 0. The molecular formula is C20H23N5OS.